The summed E-state index contributed by atoms with van der Waals surface area (Å²) < 4.78 is 6.99. The Kier molecular flexibility index (Phi) is 5.45. The number of rotatable bonds is 6. The number of methoxy groups -OCH3 is 1. The number of nitrogens with zero attached hydrogens (tertiary/aromatic N) is 2. The van der Waals surface area contributed by atoms with E-state index in [1.807, 2.05) is 68.4 Å². The molecule has 0 spiro atoms. The Balaban J connectivity index is 1.84. The topological polar surface area (TPSA) is 76.4 Å². The maximum Gasteiger partial charge on any atom is 0.337 e. The molecule has 6 heteroatoms. The third-order valence-electron chi connectivity index (χ3n) is 5.12. The van der Waals surface area contributed by atoms with Crippen LogP contribution in [0.15, 0.2) is 72.8 Å². The highest BCUT2D eigenvalue weighted by molar-refractivity contribution is 5.95. The van der Waals surface area contributed by atoms with Gasteiger partial charge in [-0.05, 0) is 43.7 Å². The molecule has 6 nitrogen and oxygen atoms in total. The number of hydrogen-bond donors (Lipinski definition) is 2. The van der Waals surface area contributed by atoms with Crippen LogP contribution in [0.4, 0.5) is 11.5 Å². The molecule has 0 amide bonds. The molecule has 0 saturated carbocycles. The Morgan fingerprint density at radius 1 is 1.00 bits per heavy atom. The van der Waals surface area contributed by atoms with E-state index in [2.05, 4.69) is 5.32 Å². The van der Waals surface area contributed by atoms with Crippen LogP contribution in [0.2, 0.25) is 0 Å². The summed E-state index contributed by atoms with van der Waals surface area (Å²) in [5.74, 6) is 0.107. The molecule has 156 valence electrons. The number of carboxylic acid groups (broad SMARTS) is 1. The van der Waals surface area contributed by atoms with Crippen LogP contribution < -0.4 is 10.1 Å². The van der Waals surface area contributed by atoms with E-state index in [1.54, 1.807) is 16.8 Å². The largest absolute Gasteiger partial charge is 0.497 e. The summed E-state index contributed by atoms with van der Waals surface area (Å²) in [7, 11) is 1.51. The summed E-state index contributed by atoms with van der Waals surface area (Å²) in [6.45, 7) is 4.06. The van der Waals surface area contributed by atoms with Crippen molar-refractivity contribution in [1.29, 1.82) is 0 Å². The lowest BCUT2D eigenvalue weighted by Gasteiger charge is -2.14. The number of aryl methyl sites for hydroxylation is 2. The number of para-hydroxylation sites is 1. The van der Waals surface area contributed by atoms with Gasteiger partial charge in [0.05, 0.1) is 29.7 Å². The first kappa shape index (κ1) is 20.2. The SMILES string of the molecule is COc1ccc(Nc2cc(-c3ccc(C)cc3)nn2-c2ccccc2C)c(C(=O)O)c1. The van der Waals surface area contributed by atoms with Gasteiger partial charge in [-0.1, -0.05) is 48.0 Å². The van der Waals surface area contributed by atoms with Crippen LogP contribution in [0.25, 0.3) is 16.9 Å². The summed E-state index contributed by atoms with van der Waals surface area (Å²) in [6, 6.07) is 22.9. The molecule has 2 N–H and O–H groups in total. The Morgan fingerprint density at radius 2 is 1.74 bits per heavy atom. The second-order valence-corrected chi connectivity index (χ2v) is 7.32. The predicted molar refractivity (Wildman–Crippen MR) is 122 cm³/mol. The van der Waals surface area contributed by atoms with Crippen LogP contribution in [0.1, 0.15) is 21.5 Å². The normalized spacial score (nSPS) is 10.7. The quantitative estimate of drug-likeness (QED) is 0.430. The zero-order valence-corrected chi connectivity index (χ0v) is 17.6. The van der Waals surface area contributed by atoms with Gasteiger partial charge < -0.3 is 15.2 Å². The number of benzene rings is 3. The van der Waals surface area contributed by atoms with E-state index in [9.17, 15) is 9.90 Å². The molecule has 1 heterocycles. The van der Waals surface area contributed by atoms with Crippen molar-refractivity contribution in [2.45, 2.75) is 13.8 Å². The van der Waals surface area contributed by atoms with Gasteiger partial charge in [-0.2, -0.15) is 5.10 Å². The molecule has 0 fully saturated rings. The summed E-state index contributed by atoms with van der Waals surface area (Å²) in [4.78, 5) is 11.8. The van der Waals surface area contributed by atoms with Crippen molar-refractivity contribution >= 4 is 17.5 Å². The summed E-state index contributed by atoms with van der Waals surface area (Å²) in [5, 5.41) is 17.8. The highest BCUT2D eigenvalue weighted by Gasteiger charge is 2.17. The molecule has 0 aliphatic rings. The van der Waals surface area contributed by atoms with Gasteiger partial charge in [0.15, 0.2) is 0 Å². The van der Waals surface area contributed by atoms with Crippen molar-refractivity contribution in [3.05, 3.63) is 89.5 Å². The van der Waals surface area contributed by atoms with Gasteiger partial charge in [-0.3, -0.25) is 0 Å². The maximum atomic E-state index is 11.8. The highest BCUT2D eigenvalue weighted by Crippen LogP contribution is 2.31. The maximum absolute atomic E-state index is 11.8. The van der Waals surface area contributed by atoms with Gasteiger partial charge >= 0.3 is 5.97 Å². The minimum Gasteiger partial charge on any atom is -0.497 e. The van der Waals surface area contributed by atoms with E-state index in [0.29, 0.717) is 17.3 Å². The second kappa shape index (κ2) is 8.36. The molecule has 3 aromatic carbocycles. The number of anilines is 2. The van der Waals surface area contributed by atoms with E-state index in [0.717, 1.165) is 22.5 Å². The van der Waals surface area contributed by atoms with Gasteiger partial charge in [0.2, 0.25) is 0 Å². The average Bonchev–Trinajstić information content (AvgIpc) is 3.18. The van der Waals surface area contributed by atoms with Crippen LogP contribution >= 0.6 is 0 Å². The number of carbonyl (C=O) groups is 1. The van der Waals surface area contributed by atoms with Crippen LogP contribution in [0.5, 0.6) is 5.75 Å². The number of aromatic nitrogens is 2. The lowest BCUT2D eigenvalue weighted by molar-refractivity contribution is 0.0697. The van der Waals surface area contributed by atoms with Gasteiger partial charge in [-0.15, -0.1) is 0 Å². The van der Waals surface area contributed by atoms with E-state index < -0.39 is 5.97 Å². The van der Waals surface area contributed by atoms with Crippen molar-refractivity contribution < 1.29 is 14.6 Å². The Hall–Kier alpha value is -4.06. The van der Waals surface area contributed by atoms with E-state index >= 15 is 0 Å². The fraction of sp³-hybridized carbons (Fsp3) is 0.120. The van der Waals surface area contributed by atoms with Crippen LogP contribution in [0, 0.1) is 13.8 Å². The van der Waals surface area contributed by atoms with Crippen molar-refractivity contribution in [3.8, 4) is 22.7 Å². The van der Waals surface area contributed by atoms with Gasteiger partial charge in [0.25, 0.3) is 0 Å². The second-order valence-electron chi connectivity index (χ2n) is 7.32. The number of hydrogen-bond acceptors (Lipinski definition) is 4. The summed E-state index contributed by atoms with van der Waals surface area (Å²) >= 11 is 0. The van der Waals surface area contributed by atoms with Crippen molar-refractivity contribution in [1.82, 2.24) is 9.78 Å². The molecular formula is C25H23N3O3. The number of ether oxygens (including phenoxy) is 1. The molecule has 0 aliphatic heterocycles. The van der Waals surface area contributed by atoms with Gasteiger partial charge in [0.1, 0.15) is 11.6 Å². The zero-order chi connectivity index (χ0) is 22.0. The first-order valence-corrected chi connectivity index (χ1v) is 9.88. The molecule has 0 radical (unpaired) electrons. The number of carboxylic acids is 1. The molecular weight excluding hydrogens is 390 g/mol. The Bertz CT molecular complexity index is 1240. The molecule has 4 aromatic rings. The molecule has 31 heavy (non-hydrogen) atoms. The molecule has 1 aromatic heterocycles. The first-order valence-electron chi connectivity index (χ1n) is 9.88. The third-order valence-corrected chi connectivity index (χ3v) is 5.12. The Labute approximate surface area is 180 Å². The predicted octanol–water partition coefficient (Wildman–Crippen LogP) is 5.61. The van der Waals surface area contributed by atoms with Crippen molar-refractivity contribution in [2.75, 3.05) is 12.4 Å². The van der Waals surface area contributed by atoms with Crippen LogP contribution in [-0.2, 0) is 0 Å². The minimum absolute atomic E-state index is 0.119. The lowest BCUT2D eigenvalue weighted by atomic mass is 10.1. The van der Waals surface area contributed by atoms with Crippen molar-refractivity contribution in [2.24, 2.45) is 0 Å². The molecule has 0 unspecified atom stereocenters. The van der Waals surface area contributed by atoms with E-state index in [4.69, 9.17) is 9.84 Å². The standard InChI is InChI=1S/C25H23N3O3/c1-16-8-10-18(11-9-16)22-15-24(28(27-22)23-7-5-4-6-17(23)2)26-21-13-12-19(31-3)14-20(21)25(29)30/h4-15,26H,1-3H3,(H,29,30). The Morgan fingerprint density at radius 3 is 2.42 bits per heavy atom. The smallest absolute Gasteiger partial charge is 0.337 e. The zero-order valence-electron chi connectivity index (χ0n) is 17.6. The van der Waals surface area contributed by atoms with Crippen LogP contribution in [-0.4, -0.2) is 28.0 Å². The number of aromatic carboxylic acids is 1. The summed E-state index contributed by atoms with van der Waals surface area (Å²) in [6.07, 6.45) is 0. The minimum atomic E-state index is -1.04. The van der Waals surface area contributed by atoms with Crippen LogP contribution in [0.3, 0.4) is 0 Å². The molecule has 0 bridgehead atoms. The van der Waals surface area contributed by atoms with Gasteiger partial charge in [0, 0.05) is 11.6 Å². The van der Waals surface area contributed by atoms with Gasteiger partial charge in [-0.25, -0.2) is 9.48 Å². The van der Waals surface area contributed by atoms with E-state index in [-0.39, 0.29) is 5.56 Å². The fourth-order valence-corrected chi connectivity index (χ4v) is 3.39. The lowest BCUT2D eigenvalue weighted by Crippen LogP contribution is -2.07. The molecule has 0 saturated heterocycles. The van der Waals surface area contributed by atoms with Crippen molar-refractivity contribution in [3.63, 3.8) is 0 Å². The highest BCUT2D eigenvalue weighted by atomic mass is 16.5. The fourth-order valence-electron chi connectivity index (χ4n) is 3.39. The monoisotopic (exact) mass is 413 g/mol. The molecule has 0 atom stereocenters. The number of nitrogens with one attached hydrogen (secondary N) is 1. The molecule has 4 rings (SSSR count). The first-order chi connectivity index (χ1) is 15.0. The average molecular weight is 413 g/mol. The molecule has 0 aliphatic carbocycles. The third kappa shape index (κ3) is 4.14. The summed E-state index contributed by atoms with van der Waals surface area (Å²) in [5.41, 5.74) is 5.48. The van der Waals surface area contributed by atoms with E-state index in [1.165, 1.54) is 18.7 Å².